The zero-order valence-electron chi connectivity index (χ0n) is 10.7. The molecule has 1 atom stereocenters. The number of nitrogens with zero attached hydrogens (tertiary/aromatic N) is 2. The molecule has 1 fully saturated rings. The number of carboxylic acid groups (broad SMARTS) is 1. The number of carboxylic acids is 1. The third-order valence-electron chi connectivity index (χ3n) is 3.61. The van der Waals surface area contributed by atoms with Crippen LogP contribution in [-0.4, -0.2) is 59.6 Å². The lowest BCUT2D eigenvalue weighted by Crippen LogP contribution is -2.51. The van der Waals surface area contributed by atoms with Gasteiger partial charge in [-0.1, -0.05) is 0 Å². The first-order chi connectivity index (χ1) is 8.66. The average molecular weight is 268 g/mol. The number of piperazine rings is 1. The second kappa shape index (κ2) is 6.31. The number of thiophene rings is 1. The van der Waals surface area contributed by atoms with Crippen LogP contribution in [-0.2, 0) is 11.2 Å². The molecule has 0 aromatic carbocycles. The fourth-order valence-electron chi connectivity index (χ4n) is 2.25. The summed E-state index contributed by atoms with van der Waals surface area (Å²) in [7, 11) is 0. The van der Waals surface area contributed by atoms with E-state index in [2.05, 4.69) is 21.7 Å². The van der Waals surface area contributed by atoms with Crippen molar-refractivity contribution in [3.63, 3.8) is 0 Å². The monoisotopic (exact) mass is 268 g/mol. The Morgan fingerprint density at radius 3 is 2.72 bits per heavy atom. The molecular formula is C13H20N2O2S. The molecule has 1 aliphatic heterocycles. The van der Waals surface area contributed by atoms with Gasteiger partial charge in [0.05, 0.1) is 0 Å². The van der Waals surface area contributed by atoms with Crippen molar-refractivity contribution in [2.45, 2.75) is 19.4 Å². The minimum absolute atomic E-state index is 0.357. The molecule has 2 rings (SSSR count). The molecule has 0 amide bonds. The van der Waals surface area contributed by atoms with Crippen molar-refractivity contribution in [1.29, 1.82) is 0 Å². The number of aliphatic carboxylic acids is 1. The van der Waals surface area contributed by atoms with Gasteiger partial charge in [-0.25, -0.2) is 0 Å². The number of hydrogen-bond acceptors (Lipinski definition) is 4. The van der Waals surface area contributed by atoms with Gasteiger partial charge in [0, 0.05) is 32.7 Å². The van der Waals surface area contributed by atoms with Crippen LogP contribution in [0.25, 0.3) is 0 Å². The smallest absolute Gasteiger partial charge is 0.320 e. The van der Waals surface area contributed by atoms with Gasteiger partial charge in [0.15, 0.2) is 0 Å². The van der Waals surface area contributed by atoms with Crippen LogP contribution >= 0.6 is 11.3 Å². The third kappa shape index (κ3) is 3.54. The lowest BCUT2D eigenvalue weighted by Gasteiger charge is -2.36. The highest BCUT2D eigenvalue weighted by Crippen LogP contribution is 2.10. The highest BCUT2D eigenvalue weighted by molar-refractivity contribution is 7.07. The van der Waals surface area contributed by atoms with Crippen molar-refractivity contribution >= 4 is 17.3 Å². The van der Waals surface area contributed by atoms with Gasteiger partial charge in [0.1, 0.15) is 6.04 Å². The second-order valence-electron chi connectivity index (χ2n) is 4.77. The first kappa shape index (κ1) is 13.5. The van der Waals surface area contributed by atoms with Gasteiger partial charge in [-0.2, -0.15) is 11.3 Å². The number of carbonyl (C=O) groups is 1. The molecular weight excluding hydrogens is 248 g/mol. The molecule has 0 bridgehead atoms. The lowest BCUT2D eigenvalue weighted by atomic mass is 10.2. The minimum Gasteiger partial charge on any atom is -0.480 e. The summed E-state index contributed by atoms with van der Waals surface area (Å²) in [4.78, 5) is 15.4. The SMILES string of the molecule is CC(C(=O)O)N1CCN(CCc2ccsc2)CC1. The zero-order valence-corrected chi connectivity index (χ0v) is 11.5. The summed E-state index contributed by atoms with van der Waals surface area (Å²) in [5.41, 5.74) is 1.40. The topological polar surface area (TPSA) is 43.8 Å². The van der Waals surface area contributed by atoms with E-state index in [1.54, 1.807) is 18.3 Å². The normalized spacial score (nSPS) is 19.8. The summed E-state index contributed by atoms with van der Waals surface area (Å²) in [6, 6.07) is 1.82. The number of hydrogen-bond donors (Lipinski definition) is 1. The molecule has 1 aromatic rings. The Bertz CT molecular complexity index is 372. The molecule has 1 saturated heterocycles. The first-order valence-electron chi connectivity index (χ1n) is 6.37. The second-order valence-corrected chi connectivity index (χ2v) is 5.55. The molecule has 0 saturated carbocycles. The van der Waals surface area contributed by atoms with Crippen LogP contribution in [0.4, 0.5) is 0 Å². The Morgan fingerprint density at radius 1 is 1.44 bits per heavy atom. The molecule has 5 heteroatoms. The fourth-order valence-corrected chi connectivity index (χ4v) is 2.96. The van der Waals surface area contributed by atoms with Crippen molar-refractivity contribution in [3.05, 3.63) is 22.4 Å². The first-order valence-corrected chi connectivity index (χ1v) is 7.31. The molecule has 4 nitrogen and oxygen atoms in total. The maximum atomic E-state index is 10.9. The van der Waals surface area contributed by atoms with Crippen molar-refractivity contribution in [1.82, 2.24) is 9.80 Å². The predicted octanol–water partition coefficient (Wildman–Crippen LogP) is 1.38. The van der Waals surface area contributed by atoms with E-state index in [0.717, 1.165) is 39.1 Å². The summed E-state index contributed by atoms with van der Waals surface area (Å²) in [5, 5.41) is 13.3. The summed E-state index contributed by atoms with van der Waals surface area (Å²) >= 11 is 1.74. The molecule has 18 heavy (non-hydrogen) atoms. The van der Waals surface area contributed by atoms with E-state index < -0.39 is 5.97 Å². The van der Waals surface area contributed by atoms with Crippen LogP contribution in [0.1, 0.15) is 12.5 Å². The summed E-state index contributed by atoms with van der Waals surface area (Å²) in [6.07, 6.45) is 1.10. The molecule has 1 aromatic heterocycles. The quantitative estimate of drug-likeness (QED) is 0.876. The van der Waals surface area contributed by atoms with Crippen LogP contribution in [0.5, 0.6) is 0 Å². The molecule has 0 aliphatic carbocycles. The minimum atomic E-state index is -0.721. The van der Waals surface area contributed by atoms with Crippen molar-refractivity contribution in [3.8, 4) is 0 Å². The Labute approximate surface area is 112 Å². The maximum Gasteiger partial charge on any atom is 0.320 e. The highest BCUT2D eigenvalue weighted by atomic mass is 32.1. The molecule has 100 valence electrons. The van der Waals surface area contributed by atoms with E-state index in [1.165, 1.54) is 5.56 Å². The summed E-state index contributed by atoms with van der Waals surface area (Å²) < 4.78 is 0. The molecule has 2 heterocycles. The van der Waals surface area contributed by atoms with Crippen LogP contribution < -0.4 is 0 Å². The molecule has 1 N–H and O–H groups in total. The maximum absolute atomic E-state index is 10.9. The van der Waals surface area contributed by atoms with Gasteiger partial charge < -0.3 is 10.0 Å². The average Bonchev–Trinajstić information content (AvgIpc) is 2.89. The van der Waals surface area contributed by atoms with Gasteiger partial charge in [0.2, 0.25) is 0 Å². The van der Waals surface area contributed by atoms with Gasteiger partial charge in [-0.05, 0) is 35.7 Å². The molecule has 0 radical (unpaired) electrons. The van der Waals surface area contributed by atoms with E-state index in [-0.39, 0.29) is 6.04 Å². The predicted molar refractivity (Wildman–Crippen MR) is 73.1 cm³/mol. The van der Waals surface area contributed by atoms with E-state index >= 15 is 0 Å². The zero-order chi connectivity index (χ0) is 13.0. The standard InChI is InChI=1S/C13H20N2O2S/c1-11(13(16)17)15-7-5-14(6-8-15)4-2-12-3-9-18-10-12/h3,9-11H,2,4-8H2,1H3,(H,16,17). The van der Waals surface area contributed by atoms with Crippen molar-refractivity contribution in [2.75, 3.05) is 32.7 Å². The van der Waals surface area contributed by atoms with Crippen LogP contribution in [0.15, 0.2) is 16.8 Å². The Kier molecular flexibility index (Phi) is 4.74. The van der Waals surface area contributed by atoms with Gasteiger partial charge in [-0.15, -0.1) is 0 Å². The summed E-state index contributed by atoms with van der Waals surface area (Å²) in [6.45, 7) is 6.51. The van der Waals surface area contributed by atoms with E-state index in [4.69, 9.17) is 5.11 Å². The highest BCUT2D eigenvalue weighted by Gasteiger charge is 2.24. The van der Waals surface area contributed by atoms with E-state index in [1.807, 2.05) is 4.90 Å². The van der Waals surface area contributed by atoms with Gasteiger partial charge in [-0.3, -0.25) is 9.69 Å². The largest absolute Gasteiger partial charge is 0.480 e. The van der Waals surface area contributed by atoms with E-state index in [0.29, 0.717) is 0 Å². The van der Waals surface area contributed by atoms with Crippen molar-refractivity contribution in [2.24, 2.45) is 0 Å². The van der Waals surface area contributed by atoms with Crippen molar-refractivity contribution < 1.29 is 9.90 Å². The van der Waals surface area contributed by atoms with Crippen LogP contribution in [0, 0.1) is 0 Å². The third-order valence-corrected chi connectivity index (χ3v) is 4.34. The van der Waals surface area contributed by atoms with Crippen LogP contribution in [0.3, 0.4) is 0 Å². The van der Waals surface area contributed by atoms with E-state index in [9.17, 15) is 4.79 Å². The lowest BCUT2D eigenvalue weighted by molar-refractivity contribution is -0.143. The van der Waals surface area contributed by atoms with Gasteiger partial charge in [0.25, 0.3) is 0 Å². The fraction of sp³-hybridized carbons (Fsp3) is 0.615. The summed E-state index contributed by atoms with van der Waals surface area (Å²) in [5.74, 6) is -0.721. The molecule has 1 aliphatic rings. The Morgan fingerprint density at radius 2 is 2.17 bits per heavy atom. The number of rotatable bonds is 5. The molecule has 1 unspecified atom stereocenters. The van der Waals surface area contributed by atoms with Gasteiger partial charge >= 0.3 is 5.97 Å². The Balaban J connectivity index is 1.72. The molecule has 0 spiro atoms. The van der Waals surface area contributed by atoms with Crippen LogP contribution in [0.2, 0.25) is 0 Å². The Hall–Kier alpha value is -0.910.